The molecule has 0 atom stereocenters. The van der Waals surface area contributed by atoms with Crippen molar-refractivity contribution >= 4 is 0 Å². The highest BCUT2D eigenvalue weighted by Gasteiger charge is 2.04. The summed E-state index contributed by atoms with van der Waals surface area (Å²) in [4.78, 5) is 4.18. The van der Waals surface area contributed by atoms with Crippen molar-refractivity contribution in [3.8, 4) is 11.6 Å². The van der Waals surface area contributed by atoms with Gasteiger partial charge in [0.2, 0.25) is 5.88 Å². The predicted octanol–water partition coefficient (Wildman–Crippen LogP) is 2.21. The van der Waals surface area contributed by atoms with Gasteiger partial charge >= 0.3 is 0 Å². The molecule has 1 aromatic heterocycles. The van der Waals surface area contributed by atoms with Gasteiger partial charge in [0.15, 0.2) is 0 Å². The van der Waals surface area contributed by atoms with Crippen molar-refractivity contribution in [1.82, 2.24) is 4.98 Å². The van der Waals surface area contributed by atoms with E-state index >= 15 is 0 Å². The quantitative estimate of drug-likeness (QED) is 0.864. The summed E-state index contributed by atoms with van der Waals surface area (Å²) >= 11 is 0. The van der Waals surface area contributed by atoms with Crippen molar-refractivity contribution in [3.63, 3.8) is 0 Å². The van der Waals surface area contributed by atoms with Gasteiger partial charge in [0, 0.05) is 18.4 Å². The molecule has 0 radical (unpaired) electrons. The molecule has 19 heavy (non-hydrogen) atoms. The SMILES string of the molecule is Cc1cc(CO)cnc1Oc1ccc(CCO)cc1. The van der Waals surface area contributed by atoms with Gasteiger partial charge in [-0.2, -0.15) is 0 Å². The summed E-state index contributed by atoms with van der Waals surface area (Å²) in [5.74, 6) is 1.24. The van der Waals surface area contributed by atoms with Gasteiger partial charge in [-0.15, -0.1) is 0 Å². The molecule has 0 bridgehead atoms. The Bertz CT molecular complexity index is 538. The van der Waals surface area contributed by atoms with E-state index in [4.69, 9.17) is 14.9 Å². The van der Waals surface area contributed by atoms with Crippen LogP contribution in [0.15, 0.2) is 36.5 Å². The van der Waals surface area contributed by atoms with Crippen molar-refractivity contribution in [2.75, 3.05) is 6.61 Å². The number of aliphatic hydroxyl groups is 2. The molecule has 4 nitrogen and oxygen atoms in total. The summed E-state index contributed by atoms with van der Waals surface area (Å²) < 4.78 is 5.69. The largest absolute Gasteiger partial charge is 0.439 e. The molecule has 0 saturated carbocycles. The fourth-order valence-corrected chi connectivity index (χ4v) is 1.78. The molecule has 2 N–H and O–H groups in total. The van der Waals surface area contributed by atoms with Crippen LogP contribution in [-0.2, 0) is 13.0 Å². The van der Waals surface area contributed by atoms with Gasteiger partial charge in [-0.1, -0.05) is 12.1 Å². The van der Waals surface area contributed by atoms with Gasteiger partial charge in [0.1, 0.15) is 5.75 Å². The van der Waals surface area contributed by atoms with E-state index in [0.29, 0.717) is 18.1 Å². The minimum absolute atomic E-state index is 0.0238. The smallest absolute Gasteiger partial charge is 0.222 e. The van der Waals surface area contributed by atoms with E-state index in [2.05, 4.69) is 4.98 Å². The predicted molar refractivity (Wildman–Crippen MR) is 72.2 cm³/mol. The molecular formula is C15H17NO3. The van der Waals surface area contributed by atoms with E-state index in [1.807, 2.05) is 37.3 Å². The second-order valence-corrected chi connectivity index (χ2v) is 4.34. The molecule has 0 fully saturated rings. The fourth-order valence-electron chi connectivity index (χ4n) is 1.78. The standard InChI is InChI=1S/C15H17NO3/c1-11-8-13(10-18)9-16-15(11)19-14-4-2-12(3-5-14)6-7-17/h2-5,8-9,17-18H,6-7,10H2,1H3. The highest BCUT2D eigenvalue weighted by atomic mass is 16.5. The topological polar surface area (TPSA) is 62.6 Å². The Hall–Kier alpha value is -1.91. The maximum absolute atomic E-state index is 9.02. The van der Waals surface area contributed by atoms with Gasteiger partial charge in [-0.3, -0.25) is 0 Å². The number of nitrogens with zero attached hydrogens (tertiary/aromatic N) is 1. The molecule has 100 valence electrons. The van der Waals surface area contributed by atoms with Crippen LogP contribution in [0.2, 0.25) is 0 Å². The zero-order chi connectivity index (χ0) is 13.7. The summed E-state index contributed by atoms with van der Waals surface area (Å²) in [6.07, 6.45) is 2.24. The number of benzene rings is 1. The summed E-state index contributed by atoms with van der Waals surface area (Å²) in [5, 5.41) is 17.9. The number of ether oxygens (including phenoxy) is 1. The van der Waals surface area contributed by atoms with Crippen LogP contribution in [0.5, 0.6) is 11.6 Å². The number of hydrogen-bond donors (Lipinski definition) is 2. The first kappa shape index (κ1) is 13.5. The van der Waals surface area contributed by atoms with Crippen molar-refractivity contribution < 1.29 is 14.9 Å². The Labute approximate surface area is 112 Å². The highest BCUT2D eigenvalue weighted by Crippen LogP contribution is 2.23. The number of aryl methyl sites for hydroxylation is 1. The van der Waals surface area contributed by atoms with E-state index < -0.39 is 0 Å². The molecule has 0 saturated heterocycles. The second-order valence-electron chi connectivity index (χ2n) is 4.34. The molecule has 0 amide bonds. The van der Waals surface area contributed by atoms with E-state index in [0.717, 1.165) is 16.7 Å². The van der Waals surface area contributed by atoms with Crippen molar-refractivity contribution in [3.05, 3.63) is 53.2 Å². The van der Waals surface area contributed by atoms with E-state index in [-0.39, 0.29) is 13.2 Å². The first-order valence-corrected chi connectivity index (χ1v) is 6.17. The molecule has 2 rings (SSSR count). The Balaban J connectivity index is 2.12. The third-order valence-corrected chi connectivity index (χ3v) is 2.81. The lowest BCUT2D eigenvalue weighted by Crippen LogP contribution is -1.95. The second kappa shape index (κ2) is 6.31. The van der Waals surface area contributed by atoms with Crippen molar-refractivity contribution in [2.24, 2.45) is 0 Å². The van der Waals surface area contributed by atoms with E-state index in [9.17, 15) is 0 Å². The number of pyridine rings is 1. The lowest BCUT2D eigenvalue weighted by molar-refractivity contribution is 0.281. The average molecular weight is 259 g/mol. The zero-order valence-corrected chi connectivity index (χ0v) is 10.8. The van der Waals surface area contributed by atoms with E-state index in [1.54, 1.807) is 6.20 Å². The van der Waals surface area contributed by atoms with Crippen molar-refractivity contribution in [2.45, 2.75) is 20.0 Å². The minimum Gasteiger partial charge on any atom is -0.439 e. The molecule has 1 heterocycles. The summed E-state index contributed by atoms with van der Waals surface area (Å²) in [7, 11) is 0. The van der Waals surface area contributed by atoms with Crippen LogP contribution >= 0.6 is 0 Å². The minimum atomic E-state index is -0.0238. The van der Waals surface area contributed by atoms with Crippen LogP contribution in [-0.4, -0.2) is 21.8 Å². The summed E-state index contributed by atoms with van der Waals surface area (Å²) in [6, 6.07) is 9.40. The Kier molecular flexibility index (Phi) is 4.49. The van der Waals surface area contributed by atoms with E-state index in [1.165, 1.54) is 0 Å². The maximum Gasteiger partial charge on any atom is 0.222 e. The third kappa shape index (κ3) is 3.53. The molecular weight excluding hydrogens is 242 g/mol. The molecule has 1 aromatic carbocycles. The van der Waals surface area contributed by atoms with Crippen LogP contribution in [0.1, 0.15) is 16.7 Å². The first-order valence-electron chi connectivity index (χ1n) is 6.17. The fraction of sp³-hybridized carbons (Fsp3) is 0.267. The number of rotatable bonds is 5. The van der Waals surface area contributed by atoms with Crippen LogP contribution in [0, 0.1) is 6.92 Å². The Morgan fingerprint density at radius 2 is 1.84 bits per heavy atom. The summed E-state index contributed by atoms with van der Waals surface area (Å²) in [6.45, 7) is 2.01. The summed E-state index contributed by atoms with van der Waals surface area (Å²) in [5.41, 5.74) is 2.71. The Morgan fingerprint density at radius 3 is 2.42 bits per heavy atom. The van der Waals surface area contributed by atoms with Gasteiger partial charge < -0.3 is 14.9 Å². The van der Waals surface area contributed by atoms with Gasteiger partial charge in [-0.25, -0.2) is 4.98 Å². The third-order valence-electron chi connectivity index (χ3n) is 2.81. The maximum atomic E-state index is 9.02. The molecule has 0 unspecified atom stereocenters. The van der Waals surface area contributed by atoms with Crippen molar-refractivity contribution in [1.29, 1.82) is 0 Å². The van der Waals surface area contributed by atoms with Crippen LogP contribution in [0.4, 0.5) is 0 Å². The van der Waals surface area contributed by atoms with Crippen LogP contribution < -0.4 is 4.74 Å². The number of aromatic nitrogens is 1. The van der Waals surface area contributed by atoms with Gasteiger partial charge in [-0.05, 0) is 42.7 Å². The molecule has 4 heteroatoms. The van der Waals surface area contributed by atoms with Gasteiger partial charge in [0.25, 0.3) is 0 Å². The molecule has 2 aromatic rings. The normalized spacial score (nSPS) is 10.5. The zero-order valence-electron chi connectivity index (χ0n) is 10.8. The molecule has 0 aliphatic heterocycles. The first-order chi connectivity index (χ1) is 9.22. The monoisotopic (exact) mass is 259 g/mol. The lowest BCUT2D eigenvalue weighted by atomic mass is 10.1. The number of hydrogen-bond acceptors (Lipinski definition) is 4. The average Bonchev–Trinajstić information content (AvgIpc) is 2.43. The van der Waals surface area contributed by atoms with Crippen LogP contribution in [0.3, 0.4) is 0 Å². The van der Waals surface area contributed by atoms with Gasteiger partial charge in [0.05, 0.1) is 6.61 Å². The van der Waals surface area contributed by atoms with Crippen LogP contribution in [0.25, 0.3) is 0 Å². The molecule has 0 spiro atoms. The molecule has 0 aliphatic carbocycles. The number of aliphatic hydroxyl groups excluding tert-OH is 2. The Morgan fingerprint density at radius 1 is 1.11 bits per heavy atom. The lowest BCUT2D eigenvalue weighted by Gasteiger charge is -2.09. The highest BCUT2D eigenvalue weighted by molar-refractivity contribution is 5.34. The molecule has 0 aliphatic rings.